The zero-order chi connectivity index (χ0) is 18.0. The highest BCUT2D eigenvalue weighted by Gasteiger charge is 2.30. The second-order valence-corrected chi connectivity index (χ2v) is 9.19. The molecule has 0 bridgehead atoms. The Bertz CT molecular complexity index is 754. The lowest BCUT2D eigenvalue weighted by molar-refractivity contribution is 0.0908. The van der Waals surface area contributed by atoms with Gasteiger partial charge in [-0.3, -0.25) is 9.10 Å². The molecule has 8 heteroatoms. The summed E-state index contributed by atoms with van der Waals surface area (Å²) in [5.74, 6) is 0.214. The molecule has 2 fully saturated rings. The number of sulfonamides is 1. The largest absolute Gasteiger partial charge is 0.349 e. The molecule has 0 radical (unpaired) electrons. The van der Waals surface area contributed by atoms with E-state index in [2.05, 4.69) is 5.32 Å². The molecule has 2 atom stereocenters. The van der Waals surface area contributed by atoms with Gasteiger partial charge in [0, 0.05) is 12.6 Å². The number of carbonyl (C=O) groups excluding carboxylic acids is 1. The van der Waals surface area contributed by atoms with Crippen LogP contribution in [0.5, 0.6) is 0 Å². The summed E-state index contributed by atoms with van der Waals surface area (Å²) in [6.45, 7) is 1.01. The van der Waals surface area contributed by atoms with Gasteiger partial charge in [-0.25, -0.2) is 8.42 Å². The minimum absolute atomic E-state index is 0.0703. The Morgan fingerprint density at radius 1 is 1.28 bits per heavy atom. The molecule has 1 aliphatic carbocycles. The van der Waals surface area contributed by atoms with E-state index in [0.717, 1.165) is 25.7 Å². The van der Waals surface area contributed by atoms with Crippen molar-refractivity contribution in [1.82, 2.24) is 5.32 Å². The third-order valence-corrected chi connectivity index (χ3v) is 7.30. The van der Waals surface area contributed by atoms with Crippen molar-refractivity contribution in [3.63, 3.8) is 0 Å². The monoisotopic (exact) mass is 385 g/mol. The summed E-state index contributed by atoms with van der Waals surface area (Å²) in [5, 5.41) is 3.31. The maximum absolute atomic E-state index is 12.6. The summed E-state index contributed by atoms with van der Waals surface area (Å²) in [6.07, 6.45) is 4.79. The molecule has 0 aromatic heterocycles. The van der Waals surface area contributed by atoms with Crippen molar-refractivity contribution in [3.05, 3.63) is 28.8 Å². The smallest absolute Gasteiger partial charge is 0.253 e. The molecule has 3 rings (SSSR count). The molecule has 138 valence electrons. The topological polar surface area (TPSA) is 92.5 Å². The van der Waals surface area contributed by atoms with Gasteiger partial charge in [-0.15, -0.1) is 0 Å². The maximum Gasteiger partial charge on any atom is 0.253 e. The summed E-state index contributed by atoms with van der Waals surface area (Å²) >= 11 is 6.28. The van der Waals surface area contributed by atoms with Crippen LogP contribution in [0.4, 0.5) is 5.69 Å². The number of anilines is 1. The van der Waals surface area contributed by atoms with E-state index >= 15 is 0 Å². The highest BCUT2D eigenvalue weighted by molar-refractivity contribution is 7.93. The van der Waals surface area contributed by atoms with Crippen LogP contribution in [0.3, 0.4) is 0 Å². The van der Waals surface area contributed by atoms with Crippen molar-refractivity contribution in [1.29, 1.82) is 0 Å². The summed E-state index contributed by atoms with van der Waals surface area (Å²) in [4.78, 5) is 12.6. The number of nitrogens with zero attached hydrogens (tertiary/aromatic N) is 1. The van der Waals surface area contributed by atoms with Crippen molar-refractivity contribution in [2.24, 2.45) is 11.7 Å². The highest BCUT2D eigenvalue weighted by atomic mass is 35.5. The molecule has 1 aliphatic heterocycles. The number of benzene rings is 1. The summed E-state index contributed by atoms with van der Waals surface area (Å²) in [5.41, 5.74) is 6.69. The van der Waals surface area contributed by atoms with Crippen LogP contribution in [0.2, 0.25) is 5.02 Å². The first-order valence-corrected chi connectivity index (χ1v) is 10.7. The first kappa shape index (κ1) is 18.5. The molecule has 6 nitrogen and oxygen atoms in total. The van der Waals surface area contributed by atoms with Gasteiger partial charge in [0.2, 0.25) is 10.0 Å². The fraction of sp³-hybridized carbons (Fsp3) is 0.588. The second kappa shape index (κ2) is 7.51. The van der Waals surface area contributed by atoms with Gasteiger partial charge in [0.05, 0.1) is 22.0 Å². The van der Waals surface area contributed by atoms with Crippen molar-refractivity contribution in [2.75, 3.05) is 23.1 Å². The Morgan fingerprint density at radius 2 is 2.04 bits per heavy atom. The molecule has 25 heavy (non-hydrogen) atoms. The SMILES string of the molecule is NC[C@H]1CCCC[C@H]1NC(=O)c1ccc(N2CCCS2(=O)=O)cc1Cl. The Kier molecular flexibility index (Phi) is 5.55. The van der Waals surface area contributed by atoms with Gasteiger partial charge in [0.1, 0.15) is 0 Å². The number of hydrogen-bond donors (Lipinski definition) is 2. The van der Waals surface area contributed by atoms with Crippen molar-refractivity contribution >= 4 is 33.2 Å². The molecule has 1 heterocycles. The lowest BCUT2D eigenvalue weighted by Gasteiger charge is -2.31. The number of nitrogens with two attached hydrogens (primary N) is 1. The lowest BCUT2D eigenvalue weighted by atomic mass is 9.84. The van der Waals surface area contributed by atoms with Gasteiger partial charge in [-0.2, -0.15) is 0 Å². The van der Waals surface area contributed by atoms with E-state index in [1.54, 1.807) is 18.2 Å². The fourth-order valence-corrected chi connectivity index (χ4v) is 5.52. The number of amides is 1. The van der Waals surface area contributed by atoms with Crippen LogP contribution in [-0.4, -0.2) is 39.2 Å². The van der Waals surface area contributed by atoms with Crippen LogP contribution >= 0.6 is 11.6 Å². The van der Waals surface area contributed by atoms with Crippen LogP contribution in [0, 0.1) is 5.92 Å². The molecule has 1 amide bonds. The predicted molar refractivity (Wildman–Crippen MR) is 99.5 cm³/mol. The quantitative estimate of drug-likeness (QED) is 0.830. The third kappa shape index (κ3) is 3.93. The summed E-state index contributed by atoms with van der Waals surface area (Å²) in [7, 11) is -3.26. The molecular weight excluding hydrogens is 362 g/mol. The van der Waals surface area contributed by atoms with E-state index in [4.69, 9.17) is 17.3 Å². The Morgan fingerprint density at radius 3 is 2.68 bits per heavy atom. The van der Waals surface area contributed by atoms with Crippen LogP contribution in [0.25, 0.3) is 0 Å². The molecule has 3 N–H and O–H groups in total. The highest BCUT2D eigenvalue weighted by Crippen LogP contribution is 2.29. The number of carbonyl (C=O) groups is 1. The molecule has 0 unspecified atom stereocenters. The van der Waals surface area contributed by atoms with E-state index in [0.29, 0.717) is 36.7 Å². The van der Waals surface area contributed by atoms with E-state index in [1.165, 1.54) is 4.31 Å². The minimum atomic E-state index is -3.26. The molecule has 1 saturated heterocycles. The molecule has 2 aliphatic rings. The number of hydrogen-bond acceptors (Lipinski definition) is 4. The first-order valence-electron chi connectivity index (χ1n) is 8.73. The van der Waals surface area contributed by atoms with Crippen molar-refractivity contribution in [3.8, 4) is 0 Å². The molecule has 1 aromatic rings. The third-order valence-electron chi connectivity index (χ3n) is 5.11. The van der Waals surface area contributed by atoms with Gasteiger partial charge in [-0.05, 0) is 49.9 Å². The standard InChI is InChI=1S/C17H24ClN3O3S/c18-15-10-13(21-8-3-9-25(21,23)24)6-7-14(15)17(22)20-16-5-2-1-4-12(16)11-19/h6-7,10,12,16H,1-5,8-9,11,19H2,(H,20,22)/t12-,16-/m1/s1. The van der Waals surface area contributed by atoms with Gasteiger partial charge < -0.3 is 11.1 Å². The minimum Gasteiger partial charge on any atom is -0.349 e. The summed E-state index contributed by atoms with van der Waals surface area (Å²) in [6, 6.07) is 4.87. The number of nitrogens with one attached hydrogen (secondary N) is 1. The number of halogens is 1. The zero-order valence-corrected chi connectivity index (χ0v) is 15.7. The molecular formula is C17H24ClN3O3S. The summed E-state index contributed by atoms with van der Waals surface area (Å²) < 4.78 is 25.4. The van der Waals surface area contributed by atoms with Crippen LogP contribution < -0.4 is 15.4 Å². The van der Waals surface area contributed by atoms with E-state index in [9.17, 15) is 13.2 Å². The lowest BCUT2D eigenvalue weighted by Crippen LogP contribution is -2.44. The van der Waals surface area contributed by atoms with Crippen molar-refractivity contribution < 1.29 is 13.2 Å². The van der Waals surface area contributed by atoms with Gasteiger partial charge in [0.25, 0.3) is 5.91 Å². The Labute approximate surface area is 153 Å². The first-order chi connectivity index (χ1) is 11.9. The zero-order valence-electron chi connectivity index (χ0n) is 14.1. The van der Waals surface area contributed by atoms with Crippen LogP contribution in [0.15, 0.2) is 18.2 Å². The maximum atomic E-state index is 12.6. The average Bonchev–Trinajstić information content (AvgIpc) is 2.94. The molecule has 1 aromatic carbocycles. The fourth-order valence-electron chi connectivity index (χ4n) is 3.70. The average molecular weight is 386 g/mol. The Balaban J connectivity index is 1.75. The van der Waals surface area contributed by atoms with Crippen molar-refractivity contribution in [2.45, 2.75) is 38.1 Å². The van der Waals surface area contributed by atoms with E-state index < -0.39 is 10.0 Å². The Hall–Kier alpha value is -1.31. The van der Waals surface area contributed by atoms with Crippen LogP contribution in [-0.2, 0) is 10.0 Å². The normalized spacial score (nSPS) is 25.8. The predicted octanol–water partition coefficient (Wildman–Crippen LogP) is 2.13. The van der Waals surface area contributed by atoms with E-state index in [-0.39, 0.29) is 22.7 Å². The van der Waals surface area contributed by atoms with Crippen LogP contribution in [0.1, 0.15) is 42.5 Å². The van der Waals surface area contributed by atoms with E-state index in [1.807, 2.05) is 0 Å². The number of rotatable bonds is 4. The molecule has 0 spiro atoms. The van der Waals surface area contributed by atoms with Gasteiger partial charge >= 0.3 is 0 Å². The van der Waals surface area contributed by atoms with Gasteiger partial charge in [0.15, 0.2) is 0 Å². The van der Waals surface area contributed by atoms with Gasteiger partial charge in [-0.1, -0.05) is 24.4 Å². The molecule has 1 saturated carbocycles. The second-order valence-electron chi connectivity index (χ2n) is 6.77.